The Hall–Kier alpha value is -1.10. The highest BCUT2D eigenvalue weighted by Crippen LogP contribution is 2.26. The van der Waals surface area contributed by atoms with Gasteiger partial charge in [-0.15, -0.1) is 0 Å². The maximum atomic E-state index is 12.2. The third kappa shape index (κ3) is 4.20. The number of carbonyl (C=O) groups excluding carboxylic acids is 2. The number of hydrogen-bond donors (Lipinski definition) is 1. The van der Waals surface area contributed by atoms with Crippen molar-refractivity contribution >= 4 is 11.8 Å². The second-order valence-electron chi connectivity index (χ2n) is 6.32. The molecule has 0 aromatic heterocycles. The molecule has 1 saturated carbocycles. The summed E-state index contributed by atoms with van der Waals surface area (Å²) < 4.78 is 0. The highest BCUT2D eigenvalue weighted by atomic mass is 16.2. The summed E-state index contributed by atoms with van der Waals surface area (Å²) in [4.78, 5) is 27.6. The Kier molecular flexibility index (Phi) is 5.40. The molecule has 0 atom stereocenters. The molecule has 2 amide bonds. The summed E-state index contributed by atoms with van der Waals surface area (Å²) in [6.07, 6.45) is 6.87. The normalized spacial score (nSPS) is 26.6. The van der Waals surface area contributed by atoms with E-state index in [1.807, 2.05) is 4.90 Å². The van der Waals surface area contributed by atoms with Crippen molar-refractivity contribution in [3.63, 3.8) is 0 Å². The summed E-state index contributed by atoms with van der Waals surface area (Å²) in [6, 6.07) is 0.316. The topological polar surface area (TPSA) is 66.6 Å². The van der Waals surface area contributed by atoms with Crippen LogP contribution >= 0.6 is 0 Å². The number of nitrogens with two attached hydrogens (primary N) is 1. The van der Waals surface area contributed by atoms with Gasteiger partial charge in [-0.3, -0.25) is 9.59 Å². The number of nitrogens with zero attached hydrogens (tertiary/aromatic N) is 2. The summed E-state index contributed by atoms with van der Waals surface area (Å²) in [5.74, 6) is 0.633. The van der Waals surface area contributed by atoms with Gasteiger partial charge in [0.25, 0.3) is 0 Å². The van der Waals surface area contributed by atoms with Crippen LogP contribution in [0.3, 0.4) is 0 Å². The molecule has 1 saturated heterocycles. The molecule has 0 spiro atoms. The first-order valence-electron chi connectivity index (χ1n) is 7.83. The van der Waals surface area contributed by atoms with Crippen LogP contribution in [-0.2, 0) is 9.59 Å². The van der Waals surface area contributed by atoms with Gasteiger partial charge in [-0.05, 0) is 44.4 Å². The predicted octanol–water partition coefficient (Wildman–Crippen LogP) is 0.975. The number of hydrogen-bond acceptors (Lipinski definition) is 3. The van der Waals surface area contributed by atoms with Crippen LogP contribution in [0.4, 0.5) is 0 Å². The molecule has 2 rings (SSSR count). The first-order valence-corrected chi connectivity index (χ1v) is 7.83. The van der Waals surface area contributed by atoms with Gasteiger partial charge >= 0.3 is 0 Å². The van der Waals surface area contributed by atoms with Crippen LogP contribution in [0.2, 0.25) is 0 Å². The predicted molar refractivity (Wildman–Crippen MR) is 78.0 cm³/mol. The molecule has 0 aromatic carbocycles. The molecule has 0 unspecified atom stereocenters. The molecule has 0 aromatic rings. The smallest absolute Gasteiger partial charge is 0.242 e. The molecule has 1 heterocycles. The number of amides is 2. The van der Waals surface area contributed by atoms with Crippen molar-refractivity contribution in [2.75, 3.05) is 26.7 Å². The summed E-state index contributed by atoms with van der Waals surface area (Å²) in [7, 11) is 1.74. The van der Waals surface area contributed by atoms with Gasteiger partial charge in [0.15, 0.2) is 0 Å². The lowest BCUT2D eigenvalue weighted by Gasteiger charge is -2.27. The summed E-state index contributed by atoms with van der Waals surface area (Å²) >= 11 is 0. The van der Waals surface area contributed by atoms with Gasteiger partial charge in [0.1, 0.15) is 0 Å². The van der Waals surface area contributed by atoms with Gasteiger partial charge in [0, 0.05) is 32.6 Å². The Morgan fingerprint density at radius 1 is 1.15 bits per heavy atom. The van der Waals surface area contributed by atoms with Crippen molar-refractivity contribution in [3.8, 4) is 0 Å². The lowest BCUT2D eigenvalue weighted by atomic mass is 9.84. The molecule has 2 aliphatic rings. The Morgan fingerprint density at radius 2 is 1.75 bits per heavy atom. The fourth-order valence-corrected chi connectivity index (χ4v) is 3.15. The summed E-state index contributed by atoms with van der Waals surface area (Å²) in [6.45, 7) is 1.92. The second-order valence-corrected chi connectivity index (χ2v) is 6.32. The van der Waals surface area contributed by atoms with E-state index in [4.69, 9.17) is 5.73 Å². The van der Waals surface area contributed by atoms with E-state index in [2.05, 4.69) is 0 Å². The standard InChI is InChI=1S/C15H27N3O2/c1-17(11-15(20)18-8-2-3-9-18)14(19)10-12-4-6-13(16)7-5-12/h12-13H,2-11,16H2,1H3. The van der Waals surface area contributed by atoms with Gasteiger partial charge in [0.05, 0.1) is 6.54 Å². The van der Waals surface area contributed by atoms with Gasteiger partial charge in [-0.25, -0.2) is 0 Å². The Labute approximate surface area is 121 Å². The van der Waals surface area contributed by atoms with E-state index in [-0.39, 0.29) is 18.4 Å². The largest absolute Gasteiger partial charge is 0.341 e. The molecule has 0 radical (unpaired) electrons. The number of likely N-dealkylation sites (N-methyl/N-ethyl adjacent to an activating group) is 1. The molecule has 20 heavy (non-hydrogen) atoms. The van der Waals surface area contributed by atoms with Crippen molar-refractivity contribution in [2.45, 2.75) is 51.0 Å². The van der Waals surface area contributed by atoms with Crippen LogP contribution < -0.4 is 5.73 Å². The van der Waals surface area contributed by atoms with Crippen molar-refractivity contribution in [1.29, 1.82) is 0 Å². The van der Waals surface area contributed by atoms with Crippen molar-refractivity contribution in [1.82, 2.24) is 9.80 Å². The molecule has 1 aliphatic carbocycles. The molecule has 2 fully saturated rings. The molecular formula is C15H27N3O2. The van der Waals surface area contributed by atoms with E-state index in [0.29, 0.717) is 18.4 Å². The first-order chi connectivity index (χ1) is 9.56. The number of carbonyl (C=O) groups is 2. The van der Waals surface area contributed by atoms with Crippen LogP contribution in [0.15, 0.2) is 0 Å². The minimum absolute atomic E-state index is 0.0871. The fraction of sp³-hybridized carbons (Fsp3) is 0.867. The molecular weight excluding hydrogens is 254 g/mol. The van der Waals surface area contributed by atoms with Gasteiger partial charge in [0.2, 0.25) is 11.8 Å². The lowest BCUT2D eigenvalue weighted by Crippen LogP contribution is -2.40. The lowest BCUT2D eigenvalue weighted by molar-refractivity contribution is -0.139. The highest BCUT2D eigenvalue weighted by molar-refractivity contribution is 5.84. The Balaban J connectivity index is 1.72. The zero-order valence-corrected chi connectivity index (χ0v) is 12.5. The Morgan fingerprint density at radius 3 is 2.35 bits per heavy atom. The Bertz CT molecular complexity index is 345. The fourth-order valence-electron chi connectivity index (χ4n) is 3.15. The molecule has 5 nitrogen and oxygen atoms in total. The molecule has 1 aliphatic heterocycles. The van der Waals surface area contributed by atoms with Crippen LogP contribution in [-0.4, -0.2) is 54.3 Å². The van der Waals surface area contributed by atoms with Gasteiger partial charge in [-0.1, -0.05) is 0 Å². The van der Waals surface area contributed by atoms with Crippen LogP contribution in [0, 0.1) is 5.92 Å². The maximum absolute atomic E-state index is 12.2. The van der Waals surface area contributed by atoms with E-state index in [9.17, 15) is 9.59 Å². The van der Waals surface area contributed by atoms with Crippen molar-refractivity contribution in [2.24, 2.45) is 11.7 Å². The zero-order chi connectivity index (χ0) is 14.5. The van der Waals surface area contributed by atoms with E-state index >= 15 is 0 Å². The van der Waals surface area contributed by atoms with E-state index in [1.165, 1.54) is 0 Å². The van der Waals surface area contributed by atoms with E-state index < -0.39 is 0 Å². The van der Waals surface area contributed by atoms with Crippen LogP contribution in [0.25, 0.3) is 0 Å². The zero-order valence-electron chi connectivity index (χ0n) is 12.5. The second kappa shape index (κ2) is 7.07. The molecule has 5 heteroatoms. The van der Waals surface area contributed by atoms with E-state index in [0.717, 1.165) is 51.6 Å². The first kappa shape index (κ1) is 15.3. The SMILES string of the molecule is CN(CC(=O)N1CCCC1)C(=O)CC1CCC(N)CC1. The van der Waals surface area contributed by atoms with Gasteiger partial charge < -0.3 is 15.5 Å². The van der Waals surface area contributed by atoms with Crippen molar-refractivity contribution < 1.29 is 9.59 Å². The average Bonchev–Trinajstić information content (AvgIpc) is 2.95. The number of rotatable bonds is 4. The summed E-state index contributed by atoms with van der Waals surface area (Å²) in [5.41, 5.74) is 5.88. The molecule has 114 valence electrons. The maximum Gasteiger partial charge on any atom is 0.242 e. The monoisotopic (exact) mass is 281 g/mol. The summed E-state index contributed by atoms with van der Waals surface area (Å²) in [5, 5.41) is 0. The number of likely N-dealkylation sites (tertiary alicyclic amines) is 1. The highest BCUT2D eigenvalue weighted by Gasteiger charge is 2.25. The average molecular weight is 281 g/mol. The van der Waals surface area contributed by atoms with Crippen molar-refractivity contribution in [3.05, 3.63) is 0 Å². The minimum Gasteiger partial charge on any atom is -0.341 e. The van der Waals surface area contributed by atoms with E-state index in [1.54, 1.807) is 11.9 Å². The third-order valence-electron chi connectivity index (χ3n) is 4.61. The molecule has 0 bridgehead atoms. The van der Waals surface area contributed by atoms with Gasteiger partial charge in [-0.2, -0.15) is 0 Å². The van der Waals surface area contributed by atoms with Crippen LogP contribution in [0.1, 0.15) is 44.9 Å². The minimum atomic E-state index is 0.0871. The van der Waals surface area contributed by atoms with Crippen LogP contribution in [0.5, 0.6) is 0 Å². The molecule has 2 N–H and O–H groups in total. The third-order valence-corrected chi connectivity index (χ3v) is 4.61. The quantitative estimate of drug-likeness (QED) is 0.835.